The molecule has 0 saturated carbocycles. The largest absolute Gasteiger partial charge is 0.420 e. The SMILES string of the molecule is C/C=C(/Cl)CC=NCC(=O)Nc1cccc(C2(C(F)(F)F)COCC(N)=N2)c1. The van der Waals surface area contributed by atoms with Crippen LogP contribution < -0.4 is 11.1 Å². The Morgan fingerprint density at radius 1 is 1.50 bits per heavy atom. The van der Waals surface area contributed by atoms with E-state index >= 15 is 0 Å². The minimum Gasteiger partial charge on any atom is -0.385 e. The first kappa shape index (κ1) is 21.9. The quantitative estimate of drug-likeness (QED) is 0.697. The van der Waals surface area contributed by atoms with Crippen molar-refractivity contribution >= 4 is 35.2 Å². The van der Waals surface area contributed by atoms with E-state index in [2.05, 4.69) is 15.3 Å². The van der Waals surface area contributed by atoms with Crippen LogP contribution >= 0.6 is 11.6 Å². The molecule has 0 aliphatic carbocycles. The number of amides is 1. The second-order valence-corrected chi connectivity index (χ2v) is 6.53. The van der Waals surface area contributed by atoms with Crippen molar-refractivity contribution in [1.29, 1.82) is 0 Å². The van der Waals surface area contributed by atoms with Gasteiger partial charge in [-0.15, -0.1) is 0 Å². The predicted molar refractivity (Wildman–Crippen MR) is 103 cm³/mol. The third kappa shape index (κ3) is 5.32. The molecule has 0 radical (unpaired) electrons. The molecule has 3 N–H and O–H groups in total. The van der Waals surface area contributed by atoms with Crippen LogP contribution in [0.1, 0.15) is 18.9 Å². The van der Waals surface area contributed by atoms with Gasteiger partial charge in [-0.1, -0.05) is 29.8 Å². The number of aliphatic imine (C=N–C) groups is 2. The smallest absolute Gasteiger partial charge is 0.385 e. The molecule has 1 heterocycles. The first-order chi connectivity index (χ1) is 13.2. The lowest BCUT2D eigenvalue weighted by atomic mass is 9.89. The van der Waals surface area contributed by atoms with Crippen molar-refractivity contribution in [3.63, 3.8) is 0 Å². The first-order valence-corrected chi connectivity index (χ1v) is 8.74. The molecule has 1 unspecified atom stereocenters. The summed E-state index contributed by atoms with van der Waals surface area (Å²) in [5.41, 5.74) is 2.88. The summed E-state index contributed by atoms with van der Waals surface area (Å²) in [6.07, 6.45) is -1.13. The topological polar surface area (TPSA) is 89.1 Å². The van der Waals surface area contributed by atoms with Gasteiger partial charge >= 0.3 is 6.18 Å². The highest BCUT2D eigenvalue weighted by Gasteiger charge is 2.58. The third-order valence-electron chi connectivity index (χ3n) is 3.95. The molecule has 0 spiro atoms. The summed E-state index contributed by atoms with van der Waals surface area (Å²) in [7, 11) is 0. The van der Waals surface area contributed by atoms with Crippen LogP contribution in [0.4, 0.5) is 18.9 Å². The summed E-state index contributed by atoms with van der Waals surface area (Å²) in [5, 5.41) is 3.10. The maximum atomic E-state index is 13.8. The van der Waals surface area contributed by atoms with Crippen LogP contribution in [0.2, 0.25) is 0 Å². The van der Waals surface area contributed by atoms with E-state index in [0.29, 0.717) is 11.5 Å². The highest BCUT2D eigenvalue weighted by Crippen LogP contribution is 2.44. The van der Waals surface area contributed by atoms with Gasteiger partial charge in [0.1, 0.15) is 19.0 Å². The van der Waals surface area contributed by atoms with Crippen molar-refractivity contribution in [2.45, 2.75) is 25.1 Å². The van der Waals surface area contributed by atoms with E-state index < -0.39 is 24.2 Å². The van der Waals surface area contributed by atoms with Crippen LogP contribution in [0, 0.1) is 0 Å². The molecule has 28 heavy (non-hydrogen) atoms. The summed E-state index contributed by atoms with van der Waals surface area (Å²) < 4.78 is 46.4. The van der Waals surface area contributed by atoms with Gasteiger partial charge in [0.15, 0.2) is 0 Å². The number of benzene rings is 1. The number of nitrogens with two attached hydrogens (primary N) is 1. The highest BCUT2D eigenvalue weighted by molar-refractivity contribution is 6.30. The number of allylic oxidation sites excluding steroid dienone is 2. The number of carbonyl (C=O) groups excluding carboxylic acids is 1. The molecule has 1 aromatic carbocycles. The zero-order valence-electron chi connectivity index (χ0n) is 15.1. The number of carbonyl (C=O) groups is 1. The molecule has 6 nitrogen and oxygen atoms in total. The van der Waals surface area contributed by atoms with Gasteiger partial charge in [0.25, 0.3) is 0 Å². The molecule has 2 rings (SSSR count). The van der Waals surface area contributed by atoms with Crippen LogP contribution in [0.25, 0.3) is 0 Å². The Bertz CT molecular complexity index is 808. The molecule has 0 fully saturated rings. The summed E-state index contributed by atoms with van der Waals surface area (Å²) >= 11 is 5.81. The summed E-state index contributed by atoms with van der Waals surface area (Å²) in [6.45, 7) is 0.740. The molecule has 0 bridgehead atoms. The second-order valence-electron chi connectivity index (χ2n) is 6.05. The molecule has 1 aliphatic heterocycles. The molecule has 1 aromatic rings. The fourth-order valence-electron chi connectivity index (χ4n) is 2.54. The van der Waals surface area contributed by atoms with Gasteiger partial charge in [-0.3, -0.25) is 9.79 Å². The Morgan fingerprint density at radius 2 is 2.25 bits per heavy atom. The van der Waals surface area contributed by atoms with Gasteiger partial charge in [0.05, 0.1) is 6.61 Å². The van der Waals surface area contributed by atoms with Gasteiger partial charge in [-0.2, -0.15) is 13.2 Å². The van der Waals surface area contributed by atoms with Crippen LogP contribution in [0.5, 0.6) is 0 Å². The number of amidine groups is 1. The number of alkyl halides is 3. The van der Waals surface area contributed by atoms with Crippen molar-refractivity contribution in [2.75, 3.05) is 25.1 Å². The number of ether oxygens (including phenoxy) is 1. The lowest BCUT2D eigenvalue weighted by Gasteiger charge is -2.35. The van der Waals surface area contributed by atoms with E-state index in [0.717, 1.165) is 0 Å². The number of rotatable bonds is 6. The van der Waals surface area contributed by atoms with Gasteiger partial charge < -0.3 is 15.8 Å². The fourth-order valence-corrected chi connectivity index (χ4v) is 2.61. The van der Waals surface area contributed by atoms with Gasteiger partial charge in [-0.05, 0) is 24.6 Å². The van der Waals surface area contributed by atoms with Crippen molar-refractivity contribution in [3.8, 4) is 0 Å². The lowest BCUT2D eigenvalue weighted by molar-refractivity contribution is -0.205. The Hall–Kier alpha value is -2.39. The van der Waals surface area contributed by atoms with Crippen molar-refractivity contribution in [1.82, 2.24) is 0 Å². The number of halogens is 4. The van der Waals surface area contributed by atoms with E-state index in [-0.39, 0.29) is 30.2 Å². The number of nitrogens with zero attached hydrogens (tertiary/aromatic N) is 2. The van der Waals surface area contributed by atoms with E-state index in [1.807, 2.05) is 0 Å². The molecule has 10 heteroatoms. The standard InChI is InChI=1S/C18H20ClF3N4O2/c1-2-13(19)6-7-24-9-16(27)25-14-5-3-4-12(8-14)17(18(20,21)22)11-28-10-15(23)26-17/h2-5,7-8H,6,9-11H2,1H3,(H2,23,26)(H,25,27)/b13-2+,24-7?. The molecule has 0 aromatic heterocycles. The summed E-state index contributed by atoms with van der Waals surface area (Å²) in [6, 6.07) is 5.35. The summed E-state index contributed by atoms with van der Waals surface area (Å²) in [5.74, 6) is -0.721. The third-order valence-corrected chi connectivity index (χ3v) is 4.32. The van der Waals surface area contributed by atoms with Crippen LogP contribution in [-0.4, -0.2) is 43.9 Å². The zero-order chi connectivity index (χ0) is 20.8. The zero-order valence-corrected chi connectivity index (χ0v) is 15.8. The molecule has 1 aliphatic rings. The van der Waals surface area contributed by atoms with E-state index in [9.17, 15) is 18.0 Å². The second kappa shape index (κ2) is 9.20. The number of hydrogen-bond donors (Lipinski definition) is 2. The molecule has 152 valence electrons. The molecular formula is C18H20ClF3N4O2. The van der Waals surface area contributed by atoms with Gasteiger partial charge in [0, 0.05) is 23.4 Å². The highest BCUT2D eigenvalue weighted by atomic mass is 35.5. The maximum absolute atomic E-state index is 13.8. The van der Waals surface area contributed by atoms with E-state index in [1.54, 1.807) is 13.0 Å². The molecule has 0 saturated heterocycles. The molecule has 1 atom stereocenters. The number of anilines is 1. The average Bonchev–Trinajstić information content (AvgIpc) is 2.64. The Labute approximate surface area is 165 Å². The van der Waals surface area contributed by atoms with Crippen LogP contribution in [0.15, 0.2) is 45.4 Å². The fraction of sp³-hybridized carbons (Fsp3) is 0.389. The van der Waals surface area contributed by atoms with Crippen molar-refractivity contribution in [3.05, 3.63) is 40.9 Å². The van der Waals surface area contributed by atoms with Crippen LogP contribution in [-0.2, 0) is 15.1 Å². The summed E-state index contributed by atoms with van der Waals surface area (Å²) in [4.78, 5) is 19.6. The minimum atomic E-state index is -4.73. The maximum Gasteiger partial charge on any atom is 0.420 e. The number of nitrogens with one attached hydrogen (secondary N) is 1. The Kier molecular flexibility index (Phi) is 7.20. The first-order valence-electron chi connectivity index (χ1n) is 8.36. The van der Waals surface area contributed by atoms with Crippen molar-refractivity contribution < 1.29 is 22.7 Å². The van der Waals surface area contributed by atoms with Crippen molar-refractivity contribution in [2.24, 2.45) is 15.7 Å². The van der Waals surface area contributed by atoms with E-state index in [1.165, 1.54) is 30.5 Å². The predicted octanol–water partition coefficient (Wildman–Crippen LogP) is 3.37. The van der Waals surface area contributed by atoms with Crippen LogP contribution in [0.3, 0.4) is 0 Å². The molecule has 1 amide bonds. The number of hydrogen-bond acceptors (Lipinski definition) is 5. The molecular weight excluding hydrogens is 397 g/mol. The normalized spacial score (nSPS) is 20.9. The lowest BCUT2D eigenvalue weighted by Crippen LogP contribution is -2.49. The Balaban J connectivity index is 2.17. The monoisotopic (exact) mass is 416 g/mol. The van der Waals surface area contributed by atoms with Gasteiger partial charge in [-0.25, -0.2) is 4.99 Å². The minimum absolute atomic E-state index is 0.163. The van der Waals surface area contributed by atoms with Gasteiger partial charge in [0.2, 0.25) is 11.4 Å². The van der Waals surface area contributed by atoms with E-state index in [4.69, 9.17) is 22.1 Å². The Morgan fingerprint density at radius 3 is 2.89 bits per heavy atom. The average molecular weight is 417 g/mol.